The van der Waals surface area contributed by atoms with Gasteiger partial charge < -0.3 is 14.4 Å². The molecule has 4 aromatic rings. The lowest BCUT2D eigenvalue weighted by Crippen LogP contribution is -2.39. The van der Waals surface area contributed by atoms with Gasteiger partial charge in [-0.15, -0.1) is 5.10 Å². The highest BCUT2D eigenvalue weighted by Gasteiger charge is 2.29. The van der Waals surface area contributed by atoms with Gasteiger partial charge in [-0.3, -0.25) is 9.59 Å². The monoisotopic (exact) mass is 523 g/mol. The van der Waals surface area contributed by atoms with E-state index in [0.29, 0.717) is 17.0 Å². The minimum atomic E-state index is -3.84. The second-order valence-electron chi connectivity index (χ2n) is 8.34. The molecule has 2 heterocycles. The van der Waals surface area contributed by atoms with Gasteiger partial charge in [-0.2, -0.15) is 0 Å². The molecule has 4 rings (SSSR count). The van der Waals surface area contributed by atoms with Gasteiger partial charge in [-0.25, -0.2) is 18.2 Å². The van der Waals surface area contributed by atoms with Gasteiger partial charge in [0.25, 0.3) is 0 Å². The molecule has 37 heavy (non-hydrogen) atoms. The summed E-state index contributed by atoms with van der Waals surface area (Å²) in [6.07, 6.45) is 3.14. The molecule has 2 aromatic carbocycles. The first-order valence-corrected chi connectivity index (χ1v) is 12.9. The summed E-state index contributed by atoms with van der Waals surface area (Å²) in [6, 6.07) is 17.8. The SMILES string of the molecule is NS(=O)(=O)c1ccc(-c2cn(C(Cc3ccccc3)C(=O)N(CCC(=O)O)Cc3ccco3)nn2)cc1. The van der Waals surface area contributed by atoms with E-state index in [9.17, 15) is 23.1 Å². The summed E-state index contributed by atoms with van der Waals surface area (Å²) in [5, 5.41) is 22.8. The quantitative estimate of drug-likeness (QED) is 0.303. The Bertz CT molecular complexity index is 1450. The summed E-state index contributed by atoms with van der Waals surface area (Å²) in [7, 11) is -3.84. The predicted octanol–water partition coefficient (Wildman–Crippen LogP) is 2.47. The molecular formula is C25H25N5O6S. The van der Waals surface area contributed by atoms with Crippen molar-refractivity contribution in [2.75, 3.05) is 6.54 Å². The highest BCUT2D eigenvalue weighted by molar-refractivity contribution is 7.89. The van der Waals surface area contributed by atoms with E-state index in [2.05, 4.69) is 10.3 Å². The number of carboxylic acid groups (broad SMARTS) is 1. The third kappa shape index (κ3) is 6.68. The van der Waals surface area contributed by atoms with Gasteiger partial charge in [0, 0.05) is 18.5 Å². The second kappa shape index (κ2) is 11.2. The summed E-state index contributed by atoms with van der Waals surface area (Å²) in [6.45, 7) is 0.0811. The van der Waals surface area contributed by atoms with Crippen LogP contribution in [0.25, 0.3) is 11.3 Å². The number of aliphatic carboxylic acids is 1. The van der Waals surface area contributed by atoms with Crippen LogP contribution in [-0.2, 0) is 32.6 Å². The Kier molecular flexibility index (Phi) is 7.80. The second-order valence-corrected chi connectivity index (χ2v) is 9.90. The van der Waals surface area contributed by atoms with Crippen LogP contribution >= 0.6 is 0 Å². The Hall–Kier alpha value is -4.29. The van der Waals surface area contributed by atoms with Gasteiger partial charge in [0.05, 0.1) is 30.3 Å². The number of sulfonamides is 1. The first-order chi connectivity index (χ1) is 17.7. The molecule has 0 aliphatic rings. The number of carboxylic acids is 1. The lowest BCUT2D eigenvalue weighted by Gasteiger charge is -2.26. The van der Waals surface area contributed by atoms with E-state index in [4.69, 9.17) is 9.56 Å². The van der Waals surface area contributed by atoms with Crippen LogP contribution in [-0.4, -0.2) is 51.8 Å². The zero-order chi connectivity index (χ0) is 26.4. The highest BCUT2D eigenvalue weighted by Crippen LogP contribution is 2.23. The molecular weight excluding hydrogens is 498 g/mol. The van der Waals surface area contributed by atoms with Crippen molar-refractivity contribution >= 4 is 21.9 Å². The number of carbonyl (C=O) groups is 2. The number of hydrogen-bond acceptors (Lipinski definition) is 7. The summed E-state index contributed by atoms with van der Waals surface area (Å²) < 4.78 is 29.9. The summed E-state index contributed by atoms with van der Waals surface area (Å²) >= 11 is 0. The van der Waals surface area contributed by atoms with Crippen molar-refractivity contribution in [2.24, 2.45) is 5.14 Å². The third-order valence-electron chi connectivity index (χ3n) is 5.70. The number of amides is 1. The minimum Gasteiger partial charge on any atom is -0.481 e. The van der Waals surface area contributed by atoms with Gasteiger partial charge in [0.2, 0.25) is 15.9 Å². The Labute approximate surface area is 213 Å². The fourth-order valence-corrected chi connectivity index (χ4v) is 4.32. The third-order valence-corrected chi connectivity index (χ3v) is 6.63. The van der Waals surface area contributed by atoms with Crippen LogP contribution in [0.1, 0.15) is 23.8 Å². The number of primary sulfonamides is 1. The van der Waals surface area contributed by atoms with E-state index in [1.807, 2.05) is 30.3 Å². The van der Waals surface area contributed by atoms with Crippen molar-refractivity contribution in [1.29, 1.82) is 0 Å². The van der Waals surface area contributed by atoms with Crippen LogP contribution in [0.4, 0.5) is 0 Å². The Morgan fingerprint density at radius 3 is 2.41 bits per heavy atom. The predicted molar refractivity (Wildman–Crippen MR) is 132 cm³/mol. The first-order valence-electron chi connectivity index (χ1n) is 11.3. The number of carbonyl (C=O) groups excluding carboxylic acids is 1. The van der Waals surface area contributed by atoms with Crippen molar-refractivity contribution < 1.29 is 27.5 Å². The first kappa shape index (κ1) is 25.8. The van der Waals surface area contributed by atoms with Crippen LogP contribution in [0, 0.1) is 0 Å². The number of rotatable bonds is 11. The van der Waals surface area contributed by atoms with Crippen LogP contribution in [0.15, 0.2) is 88.5 Å². The molecule has 0 saturated heterocycles. The molecule has 3 N–H and O–H groups in total. The standard InChI is InChI=1S/C25H25N5O6S/c26-37(34,35)21-10-8-19(9-11-21)22-17-30(28-27-22)23(15-18-5-2-1-3-6-18)25(33)29(13-12-24(31)32)16-20-7-4-14-36-20/h1-11,14,17,23H,12-13,15-16H2,(H,31,32)(H2,26,34,35). The van der Waals surface area contributed by atoms with Gasteiger partial charge in [-0.1, -0.05) is 47.7 Å². The van der Waals surface area contributed by atoms with E-state index in [0.717, 1.165) is 5.56 Å². The Morgan fingerprint density at radius 1 is 1.05 bits per heavy atom. The lowest BCUT2D eigenvalue weighted by atomic mass is 10.0. The van der Waals surface area contributed by atoms with Crippen molar-refractivity contribution in [3.8, 4) is 11.3 Å². The average Bonchev–Trinajstić information content (AvgIpc) is 3.57. The zero-order valence-electron chi connectivity index (χ0n) is 19.7. The Balaban J connectivity index is 1.66. The van der Waals surface area contributed by atoms with Crippen LogP contribution < -0.4 is 5.14 Å². The highest BCUT2D eigenvalue weighted by atomic mass is 32.2. The van der Waals surface area contributed by atoms with Crippen LogP contribution in [0.2, 0.25) is 0 Å². The van der Waals surface area contributed by atoms with Crippen LogP contribution in [0.5, 0.6) is 0 Å². The molecule has 0 saturated carbocycles. The molecule has 11 nitrogen and oxygen atoms in total. The summed E-state index contributed by atoms with van der Waals surface area (Å²) in [5.41, 5.74) is 1.89. The van der Waals surface area contributed by atoms with Gasteiger partial charge in [0.1, 0.15) is 17.5 Å². The maximum absolute atomic E-state index is 13.8. The van der Waals surface area contributed by atoms with Crippen molar-refractivity contribution in [3.63, 3.8) is 0 Å². The summed E-state index contributed by atoms with van der Waals surface area (Å²) in [5.74, 6) is -0.850. The zero-order valence-corrected chi connectivity index (χ0v) is 20.5. The molecule has 1 atom stereocenters. The number of hydrogen-bond donors (Lipinski definition) is 2. The normalized spacial score (nSPS) is 12.2. The van der Waals surface area contributed by atoms with Gasteiger partial charge >= 0.3 is 5.97 Å². The number of nitrogens with two attached hydrogens (primary N) is 1. The van der Waals surface area contributed by atoms with E-state index in [1.165, 1.54) is 28.0 Å². The van der Waals surface area contributed by atoms with Crippen molar-refractivity contribution in [2.45, 2.75) is 30.3 Å². The van der Waals surface area contributed by atoms with Gasteiger partial charge in [0.15, 0.2) is 0 Å². The fourth-order valence-electron chi connectivity index (χ4n) is 3.81. The maximum atomic E-state index is 13.8. The number of nitrogens with zero attached hydrogens (tertiary/aromatic N) is 4. The van der Waals surface area contributed by atoms with E-state index >= 15 is 0 Å². The van der Waals surface area contributed by atoms with E-state index in [-0.39, 0.29) is 36.7 Å². The fraction of sp³-hybridized carbons (Fsp3) is 0.200. The molecule has 12 heteroatoms. The smallest absolute Gasteiger partial charge is 0.305 e. The van der Waals surface area contributed by atoms with Crippen LogP contribution in [0.3, 0.4) is 0 Å². The molecule has 0 bridgehead atoms. The van der Waals surface area contributed by atoms with E-state index in [1.54, 1.807) is 30.5 Å². The molecule has 2 aromatic heterocycles. The molecule has 192 valence electrons. The molecule has 0 spiro atoms. The molecule has 0 aliphatic carbocycles. The number of furan rings is 1. The molecule has 0 radical (unpaired) electrons. The van der Waals surface area contributed by atoms with E-state index < -0.39 is 22.0 Å². The average molecular weight is 524 g/mol. The molecule has 1 unspecified atom stereocenters. The number of benzene rings is 2. The Morgan fingerprint density at radius 2 is 1.78 bits per heavy atom. The van der Waals surface area contributed by atoms with Crippen molar-refractivity contribution in [3.05, 3.63) is 90.5 Å². The number of aromatic nitrogens is 3. The van der Waals surface area contributed by atoms with Gasteiger partial charge in [-0.05, 0) is 29.8 Å². The molecule has 1 amide bonds. The maximum Gasteiger partial charge on any atom is 0.305 e. The molecule has 0 aliphatic heterocycles. The summed E-state index contributed by atoms with van der Waals surface area (Å²) in [4.78, 5) is 26.5. The molecule has 0 fully saturated rings. The topological polar surface area (TPSA) is 162 Å². The lowest BCUT2D eigenvalue weighted by molar-refractivity contribution is -0.140. The largest absolute Gasteiger partial charge is 0.481 e. The van der Waals surface area contributed by atoms with Crippen molar-refractivity contribution in [1.82, 2.24) is 19.9 Å². The minimum absolute atomic E-state index is 0.0171.